The summed E-state index contributed by atoms with van der Waals surface area (Å²) in [6.45, 7) is 1.85. The van der Waals surface area contributed by atoms with Crippen molar-refractivity contribution in [1.82, 2.24) is 9.97 Å². The third-order valence-electron chi connectivity index (χ3n) is 2.61. The maximum atomic E-state index is 9.50. The monoisotopic (exact) mass is 274 g/mol. The molecular weight excluding hydrogens is 260 g/mol. The molecule has 0 aliphatic heterocycles. The van der Waals surface area contributed by atoms with E-state index in [4.69, 9.17) is 18.0 Å². The van der Waals surface area contributed by atoms with Crippen LogP contribution in [0.5, 0.6) is 5.75 Å². The van der Waals surface area contributed by atoms with E-state index in [1.54, 1.807) is 29.2 Å². The molecule has 2 aromatic rings. The highest BCUT2D eigenvalue weighted by Gasteiger charge is 2.11. The molecule has 1 heterocycles. The molecule has 0 amide bonds. The molecule has 1 aromatic carbocycles. The molecule has 0 bridgehead atoms. The van der Waals surface area contributed by atoms with Crippen molar-refractivity contribution in [3.8, 4) is 5.75 Å². The Morgan fingerprint density at radius 3 is 2.68 bits per heavy atom. The normalized spacial score (nSPS) is 10.2. The lowest BCUT2D eigenvalue weighted by Gasteiger charge is -2.18. The van der Waals surface area contributed by atoms with Crippen LogP contribution in [0.3, 0.4) is 0 Å². The zero-order valence-electron chi connectivity index (χ0n) is 10.7. The molecule has 0 unspecified atom stereocenters. The molecule has 98 valence electrons. The summed E-state index contributed by atoms with van der Waals surface area (Å²) < 4.78 is 0. The fourth-order valence-corrected chi connectivity index (χ4v) is 1.75. The predicted octanol–water partition coefficient (Wildman–Crippen LogP) is 1.89. The molecule has 0 spiro atoms. The number of phenols is 1. The molecule has 0 atom stereocenters. The highest BCUT2D eigenvalue weighted by atomic mass is 32.1. The molecule has 6 heteroatoms. The van der Waals surface area contributed by atoms with Crippen molar-refractivity contribution >= 4 is 28.8 Å². The van der Waals surface area contributed by atoms with E-state index in [-0.39, 0.29) is 10.7 Å². The van der Waals surface area contributed by atoms with Crippen molar-refractivity contribution in [1.29, 1.82) is 0 Å². The number of aromatic nitrogens is 2. The summed E-state index contributed by atoms with van der Waals surface area (Å²) in [6.07, 6.45) is 0. The first-order chi connectivity index (χ1) is 8.97. The fraction of sp³-hybridized carbons (Fsp3) is 0.154. The number of hydrogen-bond acceptors (Lipinski definition) is 5. The van der Waals surface area contributed by atoms with Gasteiger partial charge in [0.1, 0.15) is 16.4 Å². The first kappa shape index (κ1) is 13.2. The van der Waals surface area contributed by atoms with Gasteiger partial charge < -0.3 is 15.7 Å². The van der Waals surface area contributed by atoms with Crippen LogP contribution in [-0.2, 0) is 0 Å². The summed E-state index contributed by atoms with van der Waals surface area (Å²) in [6, 6.07) is 8.58. The van der Waals surface area contributed by atoms with E-state index in [1.165, 1.54) is 0 Å². The Morgan fingerprint density at radius 1 is 1.32 bits per heavy atom. The topological polar surface area (TPSA) is 75.3 Å². The minimum absolute atomic E-state index is 0.187. The van der Waals surface area contributed by atoms with Crippen molar-refractivity contribution in [2.75, 3.05) is 11.9 Å². The predicted molar refractivity (Wildman–Crippen MR) is 78.8 cm³/mol. The zero-order chi connectivity index (χ0) is 14.0. The number of anilines is 2. The molecule has 3 N–H and O–H groups in total. The SMILES string of the molecule is Cc1cc(C(N)=S)nc(N(C)c2cccc(O)c2)n1. The number of aryl methyl sites for hydroxylation is 1. The van der Waals surface area contributed by atoms with Gasteiger partial charge in [-0.3, -0.25) is 0 Å². The fourth-order valence-electron chi connectivity index (χ4n) is 1.65. The number of aromatic hydroxyl groups is 1. The molecule has 19 heavy (non-hydrogen) atoms. The maximum absolute atomic E-state index is 9.50. The largest absolute Gasteiger partial charge is 0.508 e. The van der Waals surface area contributed by atoms with Crippen molar-refractivity contribution in [3.05, 3.63) is 41.7 Å². The first-order valence-electron chi connectivity index (χ1n) is 5.65. The summed E-state index contributed by atoms with van der Waals surface area (Å²) in [5.41, 5.74) is 7.68. The van der Waals surface area contributed by atoms with E-state index in [2.05, 4.69) is 9.97 Å². The smallest absolute Gasteiger partial charge is 0.230 e. The van der Waals surface area contributed by atoms with Gasteiger partial charge in [0, 0.05) is 24.5 Å². The summed E-state index contributed by atoms with van der Waals surface area (Å²) >= 11 is 4.93. The van der Waals surface area contributed by atoms with Gasteiger partial charge in [0.05, 0.1) is 0 Å². The highest BCUT2D eigenvalue weighted by molar-refractivity contribution is 7.80. The third-order valence-corrected chi connectivity index (χ3v) is 2.82. The minimum Gasteiger partial charge on any atom is -0.508 e. The molecule has 2 rings (SSSR count). The van der Waals surface area contributed by atoms with Gasteiger partial charge in [-0.25, -0.2) is 9.97 Å². The highest BCUT2D eigenvalue weighted by Crippen LogP contribution is 2.24. The van der Waals surface area contributed by atoms with Gasteiger partial charge in [-0.05, 0) is 25.1 Å². The van der Waals surface area contributed by atoms with Gasteiger partial charge in [-0.1, -0.05) is 18.3 Å². The lowest BCUT2D eigenvalue weighted by atomic mass is 10.3. The Kier molecular flexibility index (Phi) is 3.62. The van der Waals surface area contributed by atoms with E-state index >= 15 is 0 Å². The van der Waals surface area contributed by atoms with Crippen LogP contribution in [0.4, 0.5) is 11.6 Å². The Bertz CT molecular complexity index is 630. The number of hydrogen-bond donors (Lipinski definition) is 2. The molecule has 1 aromatic heterocycles. The molecule has 0 fully saturated rings. The Morgan fingerprint density at radius 2 is 2.05 bits per heavy atom. The van der Waals surface area contributed by atoms with Crippen molar-refractivity contribution in [2.24, 2.45) is 5.73 Å². The summed E-state index contributed by atoms with van der Waals surface area (Å²) in [5, 5.41) is 9.50. The van der Waals surface area contributed by atoms with Crippen LogP contribution in [0.1, 0.15) is 11.4 Å². The first-order valence-corrected chi connectivity index (χ1v) is 6.06. The quantitative estimate of drug-likeness (QED) is 0.833. The van der Waals surface area contributed by atoms with E-state index < -0.39 is 0 Å². The van der Waals surface area contributed by atoms with Crippen molar-refractivity contribution < 1.29 is 5.11 Å². The number of thiocarbonyl (C=S) groups is 1. The van der Waals surface area contributed by atoms with E-state index in [9.17, 15) is 5.11 Å². The lowest BCUT2D eigenvalue weighted by Crippen LogP contribution is -2.18. The van der Waals surface area contributed by atoms with Crippen molar-refractivity contribution in [3.63, 3.8) is 0 Å². The minimum atomic E-state index is 0.187. The second-order valence-electron chi connectivity index (χ2n) is 4.14. The van der Waals surface area contributed by atoms with Gasteiger partial charge in [-0.15, -0.1) is 0 Å². The molecule has 0 aliphatic carbocycles. The molecular formula is C13H14N4OS. The van der Waals surface area contributed by atoms with E-state index in [1.807, 2.05) is 20.0 Å². The van der Waals surface area contributed by atoms with Crippen LogP contribution in [-0.4, -0.2) is 27.1 Å². The van der Waals surface area contributed by atoms with Crippen LogP contribution < -0.4 is 10.6 Å². The van der Waals surface area contributed by atoms with Gasteiger partial charge in [0.25, 0.3) is 0 Å². The van der Waals surface area contributed by atoms with Crippen LogP contribution >= 0.6 is 12.2 Å². The summed E-state index contributed by atoms with van der Waals surface area (Å²) in [5.74, 6) is 0.667. The number of nitrogens with two attached hydrogens (primary N) is 1. The average Bonchev–Trinajstić information content (AvgIpc) is 2.37. The Balaban J connectivity index is 2.43. The number of phenolic OH excluding ortho intramolecular Hbond substituents is 1. The van der Waals surface area contributed by atoms with Crippen LogP contribution in [0.15, 0.2) is 30.3 Å². The Hall–Kier alpha value is -2.21. The molecule has 5 nitrogen and oxygen atoms in total. The molecule has 0 saturated heterocycles. The van der Waals surface area contributed by atoms with Gasteiger partial charge >= 0.3 is 0 Å². The second-order valence-corrected chi connectivity index (χ2v) is 4.58. The molecule has 0 saturated carbocycles. The van der Waals surface area contributed by atoms with E-state index in [0.29, 0.717) is 11.6 Å². The number of nitrogens with zero attached hydrogens (tertiary/aromatic N) is 3. The number of rotatable bonds is 3. The Labute approximate surface area is 116 Å². The molecule has 0 aliphatic rings. The van der Waals surface area contributed by atoms with Crippen molar-refractivity contribution in [2.45, 2.75) is 6.92 Å². The summed E-state index contributed by atoms with van der Waals surface area (Å²) in [7, 11) is 1.81. The summed E-state index contributed by atoms with van der Waals surface area (Å²) in [4.78, 5) is 10.6. The van der Waals surface area contributed by atoms with Gasteiger partial charge in [-0.2, -0.15) is 0 Å². The lowest BCUT2D eigenvalue weighted by molar-refractivity contribution is 0.475. The second kappa shape index (κ2) is 5.19. The number of benzene rings is 1. The van der Waals surface area contributed by atoms with Crippen LogP contribution in [0.2, 0.25) is 0 Å². The van der Waals surface area contributed by atoms with E-state index in [0.717, 1.165) is 11.4 Å². The van der Waals surface area contributed by atoms with Gasteiger partial charge in [0.15, 0.2) is 0 Å². The van der Waals surface area contributed by atoms with Gasteiger partial charge in [0.2, 0.25) is 5.95 Å². The maximum Gasteiger partial charge on any atom is 0.230 e. The third kappa shape index (κ3) is 2.97. The standard InChI is InChI=1S/C13H14N4OS/c1-8-6-11(12(14)19)16-13(15-8)17(2)9-4-3-5-10(18)7-9/h3-7,18H,1-2H3,(H2,14,19). The van der Waals surface area contributed by atoms with Crippen LogP contribution in [0, 0.1) is 6.92 Å². The molecule has 0 radical (unpaired) electrons. The zero-order valence-corrected chi connectivity index (χ0v) is 11.5. The average molecular weight is 274 g/mol. The van der Waals surface area contributed by atoms with Crippen LogP contribution in [0.25, 0.3) is 0 Å².